The van der Waals surface area contributed by atoms with E-state index in [1.807, 2.05) is 13.8 Å². The molecule has 284 valence electrons. The number of halogens is 4. The molecule has 0 saturated carbocycles. The quantitative estimate of drug-likeness (QED) is 0.221. The molecule has 1 aliphatic rings. The van der Waals surface area contributed by atoms with Crippen molar-refractivity contribution < 1.29 is 50.1 Å². The molecule has 16 heteroatoms. The number of rotatable bonds is 8. The second kappa shape index (κ2) is 17.5. The van der Waals surface area contributed by atoms with E-state index >= 15 is 0 Å². The number of benzene rings is 3. The zero-order valence-electron chi connectivity index (χ0n) is 29.3. The van der Waals surface area contributed by atoms with Crippen LogP contribution in [0.1, 0.15) is 56.0 Å². The van der Waals surface area contributed by atoms with E-state index in [1.54, 1.807) is 6.92 Å². The molecular formula is C36H44F4N4O7S. The summed E-state index contributed by atoms with van der Waals surface area (Å²) < 4.78 is 92.6. The fourth-order valence-electron chi connectivity index (χ4n) is 5.64. The van der Waals surface area contributed by atoms with Crippen molar-refractivity contribution in [2.24, 2.45) is 5.92 Å². The molecule has 1 heterocycles. The molecule has 0 aromatic heterocycles. The van der Waals surface area contributed by atoms with Gasteiger partial charge in [0.05, 0.1) is 40.9 Å². The van der Waals surface area contributed by atoms with E-state index in [-0.39, 0.29) is 46.8 Å². The van der Waals surface area contributed by atoms with Crippen molar-refractivity contribution in [3.05, 3.63) is 83.7 Å². The third-order valence-electron chi connectivity index (χ3n) is 8.74. The van der Waals surface area contributed by atoms with Crippen LogP contribution < -0.4 is 15.4 Å². The number of hydrogen-bond acceptors (Lipinski definition) is 7. The summed E-state index contributed by atoms with van der Waals surface area (Å²) in [7, 11) is -2.61. The average Bonchev–Trinajstić information content (AvgIpc) is 3.09. The lowest BCUT2D eigenvalue weighted by molar-refractivity contribution is -0.137. The molecule has 4 atom stereocenters. The van der Waals surface area contributed by atoms with Gasteiger partial charge in [-0.05, 0) is 99.8 Å². The van der Waals surface area contributed by atoms with E-state index in [0.717, 1.165) is 40.7 Å². The number of alkyl halides is 3. The van der Waals surface area contributed by atoms with E-state index in [9.17, 15) is 40.7 Å². The summed E-state index contributed by atoms with van der Waals surface area (Å²) in [6.07, 6.45) is -3.60. The van der Waals surface area contributed by atoms with Crippen molar-refractivity contribution in [1.82, 2.24) is 9.21 Å². The Bertz CT molecular complexity index is 1780. The number of amides is 3. The van der Waals surface area contributed by atoms with Crippen LogP contribution in [0, 0.1) is 11.7 Å². The van der Waals surface area contributed by atoms with Crippen molar-refractivity contribution in [3.8, 4) is 5.75 Å². The Labute approximate surface area is 300 Å². The first-order valence-corrected chi connectivity index (χ1v) is 18.2. The summed E-state index contributed by atoms with van der Waals surface area (Å²) in [6, 6.07) is 11.4. The maximum atomic E-state index is 14.3. The van der Waals surface area contributed by atoms with Crippen LogP contribution in [0.15, 0.2) is 71.6 Å². The van der Waals surface area contributed by atoms with Gasteiger partial charge in [-0.3, -0.25) is 4.79 Å². The first kappa shape index (κ1) is 40.5. The molecule has 3 amide bonds. The molecule has 0 spiro atoms. The number of nitrogens with zero attached hydrogens (tertiary/aromatic N) is 2. The third-order valence-corrected chi connectivity index (χ3v) is 10.6. The van der Waals surface area contributed by atoms with Crippen molar-refractivity contribution in [2.45, 2.75) is 69.4 Å². The minimum atomic E-state index is -4.53. The SMILES string of the molecule is C[C@@H]1CN([C@@H](C)CO)C(=O)c2cc(NC(=O)Nc3ccc(C(F)(F)F)cc3)ccc2O[C@@H](C)CCCCO[C@H]1CN(C)S(=O)(=O)c1ccc(F)cc1. The number of anilines is 2. The van der Waals surface area contributed by atoms with E-state index < -0.39 is 64.2 Å². The standard InChI is InChI=1S/C36H44F4N4O7S/c1-23-20-44(24(2)22-45)34(46)31-19-29(42-35(47)41-28-12-8-26(9-13-28)36(38,39)40)14-17-32(31)51-25(3)7-5-6-18-50-33(23)21-43(4)52(48,49)30-15-10-27(37)11-16-30/h8-17,19,23-25,33,45H,5-7,18,20-22H2,1-4H3,(H2,41,42,47)/t23-,24+,25+,33+/m1/s1. The normalized spacial score (nSPS) is 20.0. The van der Waals surface area contributed by atoms with Crippen LogP contribution >= 0.6 is 0 Å². The lowest BCUT2D eigenvalue weighted by Gasteiger charge is -2.35. The Morgan fingerprint density at radius 1 is 1.02 bits per heavy atom. The van der Waals surface area contributed by atoms with Gasteiger partial charge in [0.1, 0.15) is 11.6 Å². The van der Waals surface area contributed by atoms with Gasteiger partial charge in [-0.25, -0.2) is 17.6 Å². The Morgan fingerprint density at radius 3 is 2.29 bits per heavy atom. The summed E-state index contributed by atoms with van der Waals surface area (Å²) in [5.41, 5.74) is -0.486. The minimum Gasteiger partial charge on any atom is -0.490 e. The van der Waals surface area contributed by atoms with Gasteiger partial charge in [0, 0.05) is 44.0 Å². The second-order valence-corrected chi connectivity index (χ2v) is 14.9. The number of hydrogen-bond donors (Lipinski definition) is 3. The van der Waals surface area contributed by atoms with Crippen LogP contribution in [0.25, 0.3) is 0 Å². The maximum Gasteiger partial charge on any atom is 0.416 e. The highest BCUT2D eigenvalue weighted by Crippen LogP contribution is 2.31. The number of ether oxygens (including phenoxy) is 2. The predicted octanol–water partition coefficient (Wildman–Crippen LogP) is 6.60. The zero-order chi connectivity index (χ0) is 38.2. The number of nitrogens with one attached hydrogen (secondary N) is 2. The fourth-order valence-corrected chi connectivity index (χ4v) is 6.82. The van der Waals surface area contributed by atoms with Gasteiger partial charge in [0.2, 0.25) is 10.0 Å². The highest BCUT2D eigenvalue weighted by molar-refractivity contribution is 7.89. The number of aliphatic hydroxyl groups excluding tert-OH is 1. The van der Waals surface area contributed by atoms with Crippen LogP contribution in [0.2, 0.25) is 0 Å². The summed E-state index contributed by atoms with van der Waals surface area (Å²) in [5, 5.41) is 15.3. The Hall–Kier alpha value is -4.25. The van der Waals surface area contributed by atoms with Gasteiger partial charge < -0.3 is 30.1 Å². The maximum absolute atomic E-state index is 14.3. The van der Waals surface area contributed by atoms with Crippen molar-refractivity contribution in [3.63, 3.8) is 0 Å². The van der Waals surface area contributed by atoms with Crippen LogP contribution in [-0.2, 0) is 20.9 Å². The molecule has 1 aliphatic heterocycles. The van der Waals surface area contributed by atoms with Crippen LogP contribution in [0.5, 0.6) is 5.75 Å². The molecule has 52 heavy (non-hydrogen) atoms. The van der Waals surface area contributed by atoms with Crippen molar-refractivity contribution in [2.75, 3.05) is 44.0 Å². The molecule has 3 N–H and O–H groups in total. The highest BCUT2D eigenvalue weighted by Gasteiger charge is 2.33. The summed E-state index contributed by atoms with van der Waals surface area (Å²) >= 11 is 0. The lowest BCUT2D eigenvalue weighted by atomic mass is 10.0. The molecular weight excluding hydrogens is 708 g/mol. The largest absolute Gasteiger partial charge is 0.490 e. The number of likely N-dealkylation sites (N-methyl/N-ethyl adjacent to an activating group) is 1. The average molecular weight is 753 g/mol. The van der Waals surface area contributed by atoms with Gasteiger partial charge >= 0.3 is 12.2 Å². The van der Waals surface area contributed by atoms with Gasteiger partial charge in [0.25, 0.3) is 5.91 Å². The number of carbonyl (C=O) groups is 2. The second-order valence-electron chi connectivity index (χ2n) is 12.9. The summed E-state index contributed by atoms with van der Waals surface area (Å²) in [4.78, 5) is 28.5. The van der Waals surface area contributed by atoms with Gasteiger partial charge in [-0.15, -0.1) is 0 Å². The Morgan fingerprint density at radius 2 is 1.65 bits per heavy atom. The monoisotopic (exact) mass is 752 g/mol. The topological polar surface area (TPSA) is 138 Å². The van der Waals surface area contributed by atoms with Crippen molar-refractivity contribution >= 4 is 33.3 Å². The Kier molecular flexibility index (Phi) is 13.6. The molecule has 4 rings (SSSR count). The first-order valence-electron chi connectivity index (χ1n) is 16.8. The van der Waals surface area contributed by atoms with E-state index in [0.29, 0.717) is 25.9 Å². The smallest absolute Gasteiger partial charge is 0.416 e. The summed E-state index contributed by atoms with van der Waals surface area (Å²) in [5.74, 6) is -1.32. The lowest BCUT2D eigenvalue weighted by Crippen LogP contribution is -2.48. The molecule has 0 fully saturated rings. The van der Waals surface area contributed by atoms with E-state index in [2.05, 4.69) is 10.6 Å². The fraction of sp³-hybridized carbons (Fsp3) is 0.444. The van der Waals surface area contributed by atoms with Gasteiger partial charge in [-0.2, -0.15) is 17.5 Å². The molecule has 11 nitrogen and oxygen atoms in total. The molecule has 0 saturated heterocycles. The molecule has 0 unspecified atom stereocenters. The number of urea groups is 1. The number of carbonyl (C=O) groups excluding carboxylic acids is 2. The highest BCUT2D eigenvalue weighted by atomic mass is 32.2. The van der Waals surface area contributed by atoms with Crippen LogP contribution in [-0.4, -0.2) is 86.3 Å². The third kappa shape index (κ3) is 10.6. The molecule has 3 aromatic carbocycles. The predicted molar refractivity (Wildman–Crippen MR) is 187 cm³/mol. The van der Waals surface area contributed by atoms with E-state index in [1.165, 1.54) is 42.3 Å². The Balaban J connectivity index is 1.60. The van der Waals surface area contributed by atoms with Crippen molar-refractivity contribution in [1.29, 1.82) is 0 Å². The molecule has 0 bridgehead atoms. The van der Waals surface area contributed by atoms with Crippen LogP contribution in [0.4, 0.5) is 33.7 Å². The van der Waals surface area contributed by atoms with E-state index in [4.69, 9.17) is 9.47 Å². The van der Waals surface area contributed by atoms with Crippen LogP contribution in [0.3, 0.4) is 0 Å². The molecule has 3 aromatic rings. The molecule has 0 aliphatic carbocycles. The first-order chi connectivity index (χ1) is 24.5. The van der Waals surface area contributed by atoms with Gasteiger partial charge in [0.15, 0.2) is 0 Å². The molecule has 0 radical (unpaired) electrons. The van der Waals surface area contributed by atoms with Gasteiger partial charge in [-0.1, -0.05) is 6.92 Å². The zero-order valence-corrected chi connectivity index (χ0v) is 30.1. The number of aliphatic hydroxyl groups is 1. The minimum absolute atomic E-state index is 0.0384. The number of fused-ring (bicyclic) bond motifs is 1. The summed E-state index contributed by atoms with van der Waals surface area (Å²) in [6.45, 7) is 5.18. The number of sulfonamides is 1.